The van der Waals surface area contributed by atoms with E-state index in [9.17, 15) is 9.59 Å². The molecule has 0 bridgehead atoms. The minimum absolute atomic E-state index is 0.000723. The van der Waals surface area contributed by atoms with E-state index in [1.54, 1.807) is 20.3 Å². The lowest BCUT2D eigenvalue weighted by molar-refractivity contribution is -0.150. The third kappa shape index (κ3) is 4.83. The first-order valence-corrected chi connectivity index (χ1v) is 15.2. The van der Waals surface area contributed by atoms with E-state index in [2.05, 4.69) is 67.3 Å². The van der Waals surface area contributed by atoms with Crippen molar-refractivity contribution in [3.63, 3.8) is 0 Å². The van der Waals surface area contributed by atoms with Gasteiger partial charge in [-0.3, -0.25) is 9.59 Å². The number of carbonyl (C=O) groups excluding carboxylic acids is 2. The largest absolute Gasteiger partial charge is 0.497 e. The van der Waals surface area contributed by atoms with Gasteiger partial charge in [0.1, 0.15) is 17.0 Å². The molecule has 224 valence electrons. The van der Waals surface area contributed by atoms with Crippen LogP contribution in [-0.4, -0.2) is 72.5 Å². The van der Waals surface area contributed by atoms with Crippen molar-refractivity contribution >= 4 is 28.4 Å². The summed E-state index contributed by atoms with van der Waals surface area (Å²) >= 11 is 0. The quantitative estimate of drug-likeness (QED) is 0.343. The van der Waals surface area contributed by atoms with Crippen molar-refractivity contribution in [1.82, 2.24) is 14.8 Å². The number of benzene rings is 2. The molecule has 1 aromatic heterocycles. The number of nitrogens with one attached hydrogen (secondary N) is 2. The number of aryl methyl sites for hydroxylation is 1. The van der Waals surface area contributed by atoms with Crippen LogP contribution in [0, 0.1) is 18.3 Å². The standard InChI is InChI=1S/C34H44N4O4/c1-21-30(24-9-7-8-10-26(24)35-21)31-25(33(31,2)3)20-29(39)38(22-11-12-22)34(15-17-37(4)18-16-34)32(40)36-27-14-13-23(41-5)19-28(27)42-6/h7-10,13-14,19,22,25,31,35H,11-12,15-18,20H2,1-6H3,(H,36,40)/t25-,31-/m0/s1. The molecule has 2 N–H and O–H groups in total. The molecule has 8 heteroatoms. The van der Waals surface area contributed by atoms with Gasteiger partial charge in [0.2, 0.25) is 5.91 Å². The fourth-order valence-electron chi connectivity index (χ4n) is 7.51. The number of anilines is 1. The first-order valence-electron chi connectivity index (χ1n) is 15.2. The van der Waals surface area contributed by atoms with Crippen LogP contribution >= 0.6 is 0 Å². The molecule has 2 heterocycles. The fourth-order valence-corrected chi connectivity index (χ4v) is 7.51. The number of rotatable bonds is 9. The summed E-state index contributed by atoms with van der Waals surface area (Å²) in [5.74, 6) is 1.68. The van der Waals surface area contributed by atoms with Crippen LogP contribution in [0.3, 0.4) is 0 Å². The molecule has 1 saturated heterocycles. The fraction of sp³-hybridized carbons (Fsp3) is 0.529. The van der Waals surface area contributed by atoms with Gasteiger partial charge in [-0.2, -0.15) is 0 Å². The Balaban J connectivity index is 1.29. The van der Waals surface area contributed by atoms with E-state index >= 15 is 0 Å². The lowest BCUT2D eigenvalue weighted by Crippen LogP contribution is -2.64. The van der Waals surface area contributed by atoms with Gasteiger partial charge in [-0.15, -0.1) is 0 Å². The lowest BCUT2D eigenvalue weighted by atomic mass is 9.83. The zero-order valence-electron chi connectivity index (χ0n) is 25.8. The van der Waals surface area contributed by atoms with Crippen LogP contribution < -0.4 is 14.8 Å². The summed E-state index contributed by atoms with van der Waals surface area (Å²) < 4.78 is 10.9. The second kappa shape index (κ2) is 10.6. The average molecular weight is 573 g/mol. The van der Waals surface area contributed by atoms with Crippen molar-refractivity contribution in [2.24, 2.45) is 11.3 Å². The summed E-state index contributed by atoms with van der Waals surface area (Å²) in [6.07, 6.45) is 3.55. The summed E-state index contributed by atoms with van der Waals surface area (Å²) in [7, 11) is 5.27. The van der Waals surface area contributed by atoms with Gasteiger partial charge in [0.25, 0.3) is 5.91 Å². The Hall–Kier alpha value is -3.52. The number of aromatic nitrogens is 1. The van der Waals surface area contributed by atoms with Crippen LogP contribution in [-0.2, 0) is 9.59 Å². The number of fused-ring (bicyclic) bond motifs is 1. The van der Waals surface area contributed by atoms with Gasteiger partial charge in [0, 0.05) is 48.2 Å². The number of aromatic amines is 1. The van der Waals surface area contributed by atoms with Gasteiger partial charge in [0.05, 0.1) is 19.9 Å². The molecule has 42 heavy (non-hydrogen) atoms. The number of hydrogen-bond donors (Lipinski definition) is 2. The molecular weight excluding hydrogens is 528 g/mol. The SMILES string of the molecule is COc1ccc(NC(=O)C2(N(C(=O)C[C@H]3[C@@H](c4c(C)[nH]c5ccccc45)C3(C)C)C3CC3)CCN(C)CC2)c(OC)c1. The number of likely N-dealkylation sites (tertiary alicyclic amines) is 1. The number of methoxy groups -OCH3 is 2. The topological polar surface area (TPSA) is 86.9 Å². The molecule has 2 saturated carbocycles. The Morgan fingerprint density at radius 2 is 1.79 bits per heavy atom. The number of amides is 2. The number of nitrogens with zero attached hydrogens (tertiary/aromatic N) is 2. The first kappa shape index (κ1) is 28.6. The Morgan fingerprint density at radius 3 is 2.45 bits per heavy atom. The van der Waals surface area contributed by atoms with Crippen LogP contribution in [0.15, 0.2) is 42.5 Å². The summed E-state index contributed by atoms with van der Waals surface area (Å²) in [6, 6.07) is 13.9. The van der Waals surface area contributed by atoms with Gasteiger partial charge < -0.3 is 29.6 Å². The highest BCUT2D eigenvalue weighted by Crippen LogP contribution is 2.67. The Labute approximate surface area is 248 Å². The third-order valence-electron chi connectivity index (χ3n) is 10.2. The number of hydrogen-bond acceptors (Lipinski definition) is 5. The van der Waals surface area contributed by atoms with Gasteiger partial charge >= 0.3 is 0 Å². The first-order chi connectivity index (χ1) is 20.1. The van der Waals surface area contributed by atoms with Crippen LogP contribution in [0.1, 0.15) is 63.1 Å². The van der Waals surface area contributed by atoms with E-state index in [0.29, 0.717) is 42.4 Å². The molecule has 0 radical (unpaired) electrons. The zero-order chi connectivity index (χ0) is 29.8. The molecule has 2 atom stereocenters. The zero-order valence-corrected chi connectivity index (χ0v) is 25.8. The molecule has 3 aliphatic rings. The van der Waals surface area contributed by atoms with Crippen LogP contribution in [0.5, 0.6) is 11.5 Å². The van der Waals surface area contributed by atoms with Crippen molar-refractivity contribution < 1.29 is 19.1 Å². The molecule has 2 aromatic carbocycles. The van der Waals surface area contributed by atoms with Crippen LogP contribution in [0.25, 0.3) is 10.9 Å². The van der Waals surface area contributed by atoms with Crippen molar-refractivity contribution in [3.8, 4) is 11.5 Å². The number of H-pyrrole nitrogens is 1. The Bertz CT molecular complexity index is 1500. The molecule has 0 unspecified atom stereocenters. The number of piperidine rings is 1. The van der Waals surface area contributed by atoms with E-state index in [4.69, 9.17) is 9.47 Å². The van der Waals surface area contributed by atoms with Crippen molar-refractivity contribution in [2.45, 2.75) is 70.4 Å². The summed E-state index contributed by atoms with van der Waals surface area (Å²) in [6.45, 7) is 8.23. The molecule has 2 aliphatic carbocycles. The number of carbonyl (C=O) groups is 2. The maximum atomic E-state index is 14.5. The molecule has 1 aliphatic heterocycles. The molecule has 6 rings (SSSR count). The van der Waals surface area contributed by atoms with Crippen molar-refractivity contribution in [1.29, 1.82) is 0 Å². The average Bonchev–Trinajstić information content (AvgIpc) is 3.86. The van der Waals surface area contributed by atoms with Gasteiger partial charge in [-0.05, 0) is 80.7 Å². The highest BCUT2D eigenvalue weighted by Gasteiger charge is 2.61. The predicted molar refractivity (Wildman–Crippen MR) is 165 cm³/mol. The lowest BCUT2D eigenvalue weighted by Gasteiger charge is -2.47. The normalized spacial score (nSPS) is 22.9. The smallest absolute Gasteiger partial charge is 0.250 e. The van der Waals surface area contributed by atoms with E-state index in [0.717, 1.165) is 31.4 Å². The highest BCUT2D eigenvalue weighted by atomic mass is 16.5. The maximum Gasteiger partial charge on any atom is 0.250 e. The van der Waals surface area contributed by atoms with E-state index < -0.39 is 5.54 Å². The van der Waals surface area contributed by atoms with E-state index in [1.807, 2.05) is 17.0 Å². The Morgan fingerprint density at radius 1 is 1.07 bits per heavy atom. The molecule has 3 aromatic rings. The molecule has 3 fully saturated rings. The maximum absolute atomic E-state index is 14.5. The molecule has 0 spiro atoms. The number of ether oxygens (including phenoxy) is 2. The minimum Gasteiger partial charge on any atom is -0.497 e. The molecule has 2 amide bonds. The van der Waals surface area contributed by atoms with Gasteiger partial charge in [-0.25, -0.2) is 0 Å². The Kier molecular flexibility index (Phi) is 7.24. The highest BCUT2D eigenvalue weighted by molar-refractivity contribution is 6.02. The van der Waals surface area contributed by atoms with E-state index in [1.165, 1.54) is 16.6 Å². The summed E-state index contributed by atoms with van der Waals surface area (Å²) in [5.41, 5.74) is 3.35. The monoisotopic (exact) mass is 572 g/mol. The van der Waals surface area contributed by atoms with Gasteiger partial charge in [-0.1, -0.05) is 32.0 Å². The second-order valence-corrected chi connectivity index (χ2v) is 13.2. The minimum atomic E-state index is -0.902. The number of para-hydroxylation sites is 1. The molecular formula is C34H44N4O4. The molecule has 8 nitrogen and oxygen atoms in total. The third-order valence-corrected chi connectivity index (χ3v) is 10.2. The predicted octanol–water partition coefficient (Wildman–Crippen LogP) is 5.72. The van der Waals surface area contributed by atoms with Crippen LogP contribution in [0.2, 0.25) is 0 Å². The van der Waals surface area contributed by atoms with Crippen molar-refractivity contribution in [3.05, 3.63) is 53.7 Å². The van der Waals surface area contributed by atoms with Gasteiger partial charge in [0.15, 0.2) is 0 Å². The van der Waals surface area contributed by atoms with Crippen molar-refractivity contribution in [2.75, 3.05) is 39.7 Å². The van der Waals surface area contributed by atoms with Crippen LogP contribution in [0.4, 0.5) is 5.69 Å². The second-order valence-electron chi connectivity index (χ2n) is 13.2. The summed E-state index contributed by atoms with van der Waals surface area (Å²) in [5, 5.41) is 4.42. The summed E-state index contributed by atoms with van der Waals surface area (Å²) in [4.78, 5) is 36.6. The van der Waals surface area contributed by atoms with E-state index in [-0.39, 0.29) is 29.2 Å².